The predicted octanol–water partition coefficient (Wildman–Crippen LogP) is 1.23. The van der Waals surface area contributed by atoms with Gasteiger partial charge in [-0.05, 0) is 25.7 Å². The smallest absolute Gasteiger partial charge is 0.310 e. The first-order chi connectivity index (χ1) is 5.58. The summed E-state index contributed by atoms with van der Waals surface area (Å²) < 4.78 is 0. The van der Waals surface area contributed by atoms with Gasteiger partial charge in [0.2, 0.25) is 0 Å². The molecule has 1 aliphatic rings. The monoisotopic (exact) mass is 171 g/mol. The Morgan fingerprint density at radius 1 is 1.67 bits per heavy atom. The zero-order valence-corrected chi connectivity index (χ0v) is 7.55. The van der Waals surface area contributed by atoms with E-state index in [2.05, 4.69) is 0 Å². The number of nitrogens with two attached hydrogens (primary N) is 1. The molecular weight excluding hydrogens is 154 g/mol. The van der Waals surface area contributed by atoms with Crippen molar-refractivity contribution < 1.29 is 9.90 Å². The van der Waals surface area contributed by atoms with Gasteiger partial charge in [-0.2, -0.15) is 0 Å². The molecule has 1 saturated carbocycles. The largest absolute Gasteiger partial charge is 0.481 e. The lowest BCUT2D eigenvalue weighted by Gasteiger charge is -2.22. The van der Waals surface area contributed by atoms with Crippen molar-refractivity contribution in [1.29, 1.82) is 0 Å². The lowest BCUT2D eigenvalue weighted by molar-refractivity contribution is -0.147. The van der Waals surface area contributed by atoms with Crippen molar-refractivity contribution in [2.45, 2.75) is 32.6 Å². The van der Waals surface area contributed by atoms with E-state index in [1.165, 1.54) is 12.8 Å². The third-order valence-electron chi connectivity index (χ3n) is 2.77. The van der Waals surface area contributed by atoms with Gasteiger partial charge in [0.05, 0.1) is 5.41 Å². The van der Waals surface area contributed by atoms with Crippen LogP contribution in [0.1, 0.15) is 32.6 Å². The first kappa shape index (κ1) is 9.52. The molecule has 1 aliphatic carbocycles. The maximum Gasteiger partial charge on any atom is 0.310 e. The van der Waals surface area contributed by atoms with Gasteiger partial charge >= 0.3 is 5.97 Å². The Bertz CT molecular complexity index is 177. The van der Waals surface area contributed by atoms with E-state index in [4.69, 9.17) is 10.8 Å². The van der Waals surface area contributed by atoms with Gasteiger partial charge in [0.15, 0.2) is 0 Å². The van der Waals surface area contributed by atoms with Crippen LogP contribution < -0.4 is 5.73 Å². The first-order valence-corrected chi connectivity index (χ1v) is 4.52. The molecule has 12 heavy (non-hydrogen) atoms. The van der Waals surface area contributed by atoms with Crippen molar-refractivity contribution >= 4 is 5.97 Å². The molecule has 0 amide bonds. The molecule has 0 heterocycles. The second-order valence-corrected chi connectivity index (χ2v) is 4.05. The number of carboxylic acids is 1. The maximum atomic E-state index is 10.8. The predicted molar refractivity (Wildman–Crippen MR) is 46.8 cm³/mol. The Morgan fingerprint density at radius 2 is 2.25 bits per heavy atom. The average molecular weight is 171 g/mol. The van der Waals surface area contributed by atoms with Crippen LogP contribution in [-0.2, 0) is 4.79 Å². The highest BCUT2D eigenvalue weighted by Crippen LogP contribution is 2.37. The summed E-state index contributed by atoms with van der Waals surface area (Å²) >= 11 is 0. The topological polar surface area (TPSA) is 63.3 Å². The molecule has 0 aromatic carbocycles. The summed E-state index contributed by atoms with van der Waals surface area (Å²) in [6.07, 6.45) is 4.31. The summed E-state index contributed by atoms with van der Waals surface area (Å²) in [6, 6.07) is 0. The lowest BCUT2D eigenvalue weighted by atomic mass is 9.85. The SMILES string of the molecule is CC(CN)(CCC1CC1)C(=O)O. The molecule has 0 aliphatic heterocycles. The van der Waals surface area contributed by atoms with Crippen LogP contribution in [0.15, 0.2) is 0 Å². The van der Waals surface area contributed by atoms with Crippen LogP contribution in [0.5, 0.6) is 0 Å². The van der Waals surface area contributed by atoms with Gasteiger partial charge in [0.25, 0.3) is 0 Å². The highest BCUT2D eigenvalue weighted by atomic mass is 16.4. The van der Waals surface area contributed by atoms with Crippen LogP contribution in [0.4, 0.5) is 0 Å². The molecule has 3 heteroatoms. The van der Waals surface area contributed by atoms with Gasteiger partial charge in [0.1, 0.15) is 0 Å². The van der Waals surface area contributed by atoms with Crippen molar-refractivity contribution in [3.63, 3.8) is 0 Å². The minimum Gasteiger partial charge on any atom is -0.481 e. The van der Waals surface area contributed by atoms with Gasteiger partial charge in [-0.3, -0.25) is 4.79 Å². The van der Waals surface area contributed by atoms with Crippen molar-refractivity contribution in [1.82, 2.24) is 0 Å². The van der Waals surface area contributed by atoms with Crippen LogP contribution in [0, 0.1) is 11.3 Å². The number of hydrogen-bond acceptors (Lipinski definition) is 2. The van der Waals surface area contributed by atoms with E-state index in [1.54, 1.807) is 6.92 Å². The summed E-state index contributed by atoms with van der Waals surface area (Å²) in [7, 11) is 0. The molecule has 0 bridgehead atoms. The summed E-state index contributed by atoms with van der Waals surface area (Å²) in [5.74, 6) is 0.0286. The molecule has 3 N–H and O–H groups in total. The molecule has 1 unspecified atom stereocenters. The molecule has 1 rings (SSSR count). The van der Waals surface area contributed by atoms with Crippen molar-refractivity contribution in [3.05, 3.63) is 0 Å². The van der Waals surface area contributed by atoms with Gasteiger partial charge in [-0.25, -0.2) is 0 Å². The maximum absolute atomic E-state index is 10.8. The van der Waals surface area contributed by atoms with Crippen molar-refractivity contribution in [3.8, 4) is 0 Å². The fourth-order valence-corrected chi connectivity index (χ4v) is 1.23. The van der Waals surface area contributed by atoms with Crippen LogP contribution in [-0.4, -0.2) is 17.6 Å². The molecule has 0 aromatic rings. The summed E-state index contributed by atoms with van der Waals surface area (Å²) in [6.45, 7) is 1.98. The number of aliphatic carboxylic acids is 1. The summed E-state index contributed by atoms with van der Waals surface area (Å²) in [5, 5.41) is 8.89. The molecule has 0 spiro atoms. The highest BCUT2D eigenvalue weighted by molar-refractivity contribution is 5.74. The van der Waals surface area contributed by atoms with E-state index in [-0.39, 0.29) is 6.54 Å². The Kier molecular flexibility index (Phi) is 2.73. The Labute approximate surface area is 72.9 Å². The standard InChI is InChI=1S/C9H17NO2/c1-9(6-10,8(11)12)5-4-7-2-3-7/h7H,2-6,10H2,1H3,(H,11,12). The number of carbonyl (C=O) groups is 1. The minimum absolute atomic E-state index is 0.245. The third-order valence-corrected chi connectivity index (χ3v) is 2.77. The Balaban J connectivity index is 2.36. The molecule has 0 aromatic heterocycles. The highest BCUT2D eigenvalue weighted by Gasteiger charge is 2.33. The number of carboxylic acid groups (broad SMARTS) is 1. The Morgan fingerprint density at radius 3 is 2.58 bits per heavy atom. The van der Waals surface area contributed by atoms with Gasteiger partial charge in [-0.1, -0.05) is 12.8 Å². The number of hydrogen-bond donors (Lipinski definition) is 2. The molecule has 70 valence electrons. The Hall–Kier alpha value is -0.570. The van der Waals surface area contributed by atoms with E-state index in [1.807, 2.05) is 0 Å². The zero-order valence-electron chi connectivity index (χ0n) is 7.55. The van der Waals surface area contributed by atoms with E-state index in [0.717, 1.165) is 18.8 Å². The van der Waals surface area contributed by atoms with Gasteiger partial charge in [0, 0.05) is 6.54 Å². The van der Waals surface area contributed by atoms with E-state index in [9.17, 15) is 4.79 Å². The van der Waals surface area contributed by atoms with Crippen LogP contribution >= 0.6 is 0 Å². The van der Waals surface area contributed by atoms with E-state index < -0.39 is 11.4 Å². The summed E-state index contributed by atoms with van der Waals surface area (Å²) in [4.78, 5) is 10.8. The lowest BCUT2D eigenvalue weighted by Crippen LogP contribution is -2.35. The van der Waals surface area contributed by atoms with Gasteiger partial charge in [-0.15, -0.1) is 0 Å². The third kappa shape index (κ3) is 2.21. The van der Waals surface area contributed by atoms with Gasteiger partial charge < -0.3 is 10.8 Å². The second kappa shape index (κ2) is 3.44. The van der Waals surface area contributed by atoms with Crippen molar-refractivity contribution in [2.24, 2.45) is 17.1 Å². The van der Waals surface area contributed by atoms with E-state index >= 15 is 0 Å². The molecule has 1 fully saturated rings. The molecule has 0 saturated heterocycles. The van der Waals surface area contributed by atoms with Crippen LogP contribution in [0.25, 0.3) is 0 Å². The zero-order chi connectivity index (χ0) is 9.19. The van der Waals surface area contributed by atoms with Crippen LogP contribution in [0.2, 0.25) is 0 Å². The second-order valence-electron chi connectivity index (χ2n) is 4.05. The fraction of sp³-hybridized carbons (Fsp3) is 0.889. The minimum atomic E-state index is -0.759. The average Bonchev–Trinajstić information content (AvgIpc) is 2.83. The normalized spacial score (nSPS) is 21.8. The quantitative estimate of drug-likeness (QED) is 0.653. The molecule has 0 radical (unpaired) electrons. The fourth-order valence-electron chi connectivity index (χ4n) is 1.23. The summed E-state index contributed by atoms with van der Waals surface area (Å²) in [5.41, 5.74) is 4.74. The number of rotatable bonds is 5. The molecular formula is C9H17NO2. The van der Waals surface area contributed by atoms with Crippen molar-refractivity contribution in [2.75, 3.05) is 6.54 Å². The molecule has 3 nitrogen and oxygen atoms in total. The van der Waals surface area contributed by atoms with Crippen LogP contribution in [0.3, 0.4) is 0 Å². The molecule has 1 atom stereocenters. The van der Waals surface area contributed by atoms with E-state index in [0.29, 0.717) is 0 Å². The first-order valence-electron chi connectivity index (χ1n) is 4.52.